The number of nitrogens with one attached hydrogen (secondary N) is 2. The van der Waals surface area contributed by atoms with Crippen LogP contribution >= 0.6 is 15.9 Å². The molecule has 1 atom stereocenters. The molecule has 0 aliphatic rings. The molecule has 120 valence electrons. The zero-order valence-electron chi connectivity index (χ0n) is 12.7. The van der Waals surface area contributed by atoms with Gasteiger partial charge in [0.25, 0.3) is 0 Å². The minimum Gasteiger partial charge on any atom is -0.373 e. The number of carbonyl (C=O) groups is 1. The Bertz CT molecular complexity index is 942. The number of hydrogen-bond donors (Lipinski definition) is 3. The summed E-state index contributed by atoms with van der Waals surface area (Å²) in [6.07, 6.45) is 2.37. The van der Waals surface area contributed by atoms with Crippen LogP contribution in [0.15, 0.2) is 53.1 Å². The molecule has 6 heteroatoms. The number of rotatable bonds is 5. The van der Waals surface area contributed by atoms with Crippen LogP contribution in [0.3, 0.4) is 0 Å². The Morgan fingerprint density at radius 3 is 2.83 bits per heavy atom. The highest BCUT2D eigenvalue weighted by Gasteiger charge is 2.18. The van der Waals surface area contributed by atoms with Crippen LogP contribution in [-0.2, 0) is 11.2 Å². The molecule has 0 saturated heterocycles. The number of para-hydroxylation sites is 1. The van der Waals surface area contributed by atoms with E-state index in [0.717, 1.165) is 22.2 Å². The van der Waals surface area contributed by atoms with Gasteiger partial charge >= 0.3 is 0 Å². The number of anilines is 1. The Morgan fingerprint density at radius 1 is 1.33 bits per heavy atom. The second-order valence-electron chi connectivity index (χ2n) is 5.47. The number of primary amides is 1. The van der Waals surface area contributed by atoms with Crippen molar-refractivity contribution in [3.63, 3.8) is 0 Å². The lowest BCUT2D eigenvalue weighted by molar-refractivity contribution is -0.118. The minimum absolute atomic E-state index is 0.430. The van der Waals surface area contributed by atoms with Gasteiger partial charge in [-0.15, -0.1) is 0 Å². The average molecular weight is 383 g/mol. The third-order valence-electron chi connectivity index (χ3n) is 3.87. The van der Waals surface area contributed by atoms with Gasteiger partial charge < -0.3 is 16.0 Å². The summed E-state index contributed by atoms with van der Waals surface area (Å²) < 4.78 is 0.672. The maximum Gasteiger partial charge on any atom is 0.240 e. The molecule has 1 heterocycles. The van der Waals surface area contributed by atoms with E-state index in [4.69, 9.17) is 11.0 Å². The summed E-state index contributed by atoms with van der Waals surface area (Å²) in [5.74, 6) is -0.430. The molecule has 1 amide bonds. The second-order valence-corrected chi connectivity index (χ2v) is 6.32. The fraction of sp³-hybridized carbons (Fsp3) is 0.111. The van der Waals surface area contributed by atoms with E-state index >= 15 is 0 Å². The first kappa shape index (κ1) is 16.1. The Labute approximate surface area is 147 Å². The normalized spacial score (nSPS) is 11.8. The summed E-state index contributed by atoms with van der Waals surface area (Å²) >= 11 is 3.34. The number of carbonyl (C=O) groups excluding carboxylic acids is 1. The molecule has 0 radical (unpaired) electrons. The SMILES string of the molecule is N#Cc1ccc(N[C@H](Cc2c[nH]c3ccccc23)C(N)=O)cc1Br. The lowest BCUT2D eigenvalue weighted by atomic mass is 10.0. The van der Waals surface area contributed by atoms with Crippen molar-refractivity contribution in [3.05, 3.63) is 64.3 Å². The number of aromatic nitrogens is 1. The lowest BCUT2D eigenvalue weighted by Crippen LogP contribution is -2.37. The van der Waals surface area contributed by atoms with Gasteiger partial charge in [-0.3, -0.25) is 4.79 Å². The van der Waals surface area contributed by atoms with Gasteiger partial charge in [-0.2, -0.15) is 5.26 Å². The number of fused-ring (bicyclic) bond motifs is 1. The van der Waals surface area contributed by atoms with Gasteiger partial charge in [0.15, 0.2) is 0 Å². The van der Waals surface area contributed by atoms with Crippen molar-refractivity contribution in [1.82, 2.24) is 4.98 Å². The number of nitrogens with two attached hydrogens (primary N) is 1. The van der Waals surface area contributed by atoms with Gasteiger partial charge in [0, 0.05) is 33.7 Å². The third-order valence-corrected chi connectivity index (χ3v) is 4.53. The predicted octanol–water partition coefficient (Wildman–Crippen LogP) is 3.31. The quantitative estimate of drug-likeness (QED) is 0.631. The highest BCUT2D eigenvalue weighted by molar-refractivity contribution is 9.10. The topological polar surface area (TPSA) is 94.7 Å². The standard InChI is InChI=1S/C18H15BrN4O/c19-15-8-13(6-5-11(15)9-20)23-17(18(21)24)7-12-10-22-16-4-2-1-3-14(12)16/h1-6,8,10,17,22-23H,7H2,(H2,21,24)/t17-/m1/s1. The van der Waals surface area contributed by atoms with Crippen LogP contribution in [0, 0.1) is 11.3 Å². The summed E-state index contributed by atoms with van der Waals surface area (Å²) in [6, 6.07) is 14.7. The Hall–Kier alpha value is -2.78. The van der Waals surface area contributed by atoms with Crippen LogP contribution in [0.1, 0.15) is 11.1 Å². The van der Waals surface area contributed by atoms with E-state index in [1.165, 1.54) is 0 Å². The van der Waals surface area contributed by atoms with Gasteiger partial charge in [-0.25, -0.2) is 0 Å². The monoisotopic (exact) mass is 382 g/mol. The molecule has 0 fully saturated rings. The van der Waals surface area contributed by atoms with Crippen LogP contribution in [-0.4, -0.2) is 16.9 Å². The molecular weight excluding hydrogens is 368 g/mol. The van der Waals surface area contributed by atoms with Crippen molar-refractivity contribution in [3.8, 4) is 6.07 Å². The molecule has 0 unspecified atom stereocenters. The fourth-order valence-electron chi connectivity index (χ4n) is 2.64. The van der Waals surface area contributed by atoms with Crippen LogP contribution in [0.2, 0.25) is 0 Å². The molecule has 0 spiro atoms. The van der Waals surface area contributed by atoms with Gasteiger partial charge in [0.05, 0.1) is 5.56 Å². The zero-order valence-corrected chi connectivity index (χ0v) is 14.3. The van der Waals surface area contributed by atoms with Gasteiger partial charge in [0.1, 0.15) is 12.1 Å². The maximum atomic E-state index is 11.9. The highest BCUT2D eigenvalue weighted by atomic mass is 79.9. The summed E-state index contributed by atoms with van der Waals surface area (Å²) in [6.45, 7) is 0. The molecule has 1 aromatic heterocycles. The van der Waals surface area contributed by atoms with Crippen LogP contribution in [0.25, 0.3) is 10.9 Å². The Morgan fingerprint density at radius 2 is 2.12 bits per heavy atom. The first-order valence-corrected chi connectivity index (χ1v) is 8.18. The molecule has 2 aromatic carbocycles. The maximum absolute atomic E-state index is 11.9. The lowest BCUT2D eigenvalue weighted by Gasteiger charge is -2.17. The van der Waals surface area contributed by atoms with E-state index in [1.54, 1.807) is 18.2 Å². The largest absolute Gasteiger partial charge is 0.373 e. The van der Waals surface area contributed by atoms with Gasteiger partial charge in [0.2, 0.25) is 5.91 Å². The van der Waals surface area contributed by atoms with Crippen LogP contribution in [0.5, 0.6) is 0 Å². The number of H-pyrrole nitrogens is 1. The smallest absolute Gasteiger partial charge is 0.240 e. The first-order chi connectivity index (χ1) is 11.6. The molecule has 0 aliphatic heterocycles. The molecular formula is C18H15BrN4O. The van der Waals surface area contributed by atoms with Crippen molar-refractivity contribution in [2.45, 2.75) is 12.5 Å². The van der Waals surface area contributed by atoms with Gasteiger partial charge in [-0.1, -0.05) is 18.2 Å². The Kier molecular flexibility index (Phi) is 4.54. The highest BCUT2D eigenvalue weighted by Crippen LogP contribution is 2.23. The molecule has 0 bridgehead atoms. The van der Waals surface area contributed by atoms with E-state index in [-0.39, 0.29) is 0 Å². The number of nitrogens with zero attached hydrogens (tertiary/aromatic N) is 1. The van der Waals surface area contributed by atoms with Crippen molar-refractivity contribution in [1.29, 1.82) is 5.26 Å². The summed E-state index contributed by atoms with van der Waals surface area (Å²) in [4.78, 5) is 15.1. The van der Waals surface area contributed by atoms with E-state index in [9.17, 15) is 4.79 Å². The summed E-state index contributed by atoms with van der Waals surface area (Å²) in [5, 5.41) is 13.2. The second kappa shape index (κ2) is 6.77. The fourth-order valence-corrected chi connectivity index (χ4v) is 3.11. The molecule has 0 saturated carbocycles. The molecule has 24 heavy (non-hydrogen) atoms. The molecule has 4 N–H and O–H groups in total. The van der Waals surface area contributed by atoms with Crippen molar-refractivity contribution >= 4 is 38.4 Å². The van der Waals surface area contributed by atoms with E-state index in [1.807, 2.05) is 30.5 Å². The minimum atomic E-state index is -0.552. The van der Waals surface area contributed by atoms with Crippen molar-refractivity contribution in [2.75, 3.05) is 5.32 Å². The number of hydrogen-bond acceptors (Lipinski definition) is 3. The summed E-state index contributed by atoms with van der Waals surface area (Å²) in [7, 11) is 0. The van der Waals surface area contributed by atoms with Crippen molar-refractivity contribution < 1.29 is 4.79 Å². The van der Waals surface area contributed by atoms with Gasteiger partial charge in [-0.05, 0) is 45.8 Å². The Balaban J connectivity index is 1.84. The van der Waals surface area contributed by atoms with Crippen LogP contribution < -0.4 is 11.1 Å². The number of amides is 1. The predicted molar refractivity (Wildman–Crippen MR) is 97.5 cm³/mol. The third kappa shape index (κ3) is 3.26. The average Bonchev–Trinajstić information content (AvgIpc) is 2.97. The van der Waals surface area contributed by atoms with E-state index in [0.29, 0.717) is 16.5 Å². The number of aromatic amines is 1. The van der Waals surface area contributed by atoms with E-state index in [2.05, 4.69) is 32.3 Å². The number of nitriles is 1. The van der Waals surface area contributed by atoms with E-state index < -0.39 is 11.9 Å². The summed E-state index contributed by atoms with van der Waals surface area (Å²) in [5.41, 5.74) is 8.87. The first-order valence-electron chi connectivity index (χ1n) is 7.39. The number of benzene rings is 2. The molecule has 3 rings (SSSR count). The molecule has 5 nitrogen and oxygen atoms in total. The zero-order chi connectivity index (χ0) is 17.1. The number of halogens is 1. The molecule has 3 aromatic rings. The van der Waals surface area contributed by atoms with Crippen molar-refractivity contribution in [2.24, 2.45) is 5.73 Å². The van der Waals surface area contributed by atoms with Crippen LogP contribution in [0.4, 0.5) is 5.69 Å². The molecule has 0 aliphatic carbocycles.